The number of nitrogens with zero attached hydrogens (tertiary/aromatic N) is 1. The third-order valence-corrected chi connectivity index (χ3v) is 3.13. The van der Waals surface area contributed by atoms with Crippen LogP contribution < -0.4 is 0 Å². The maximum Gasteiger partial charge on any atom is 0.254 e. The van der Waals surface area contributed by atoms with Crippen molar-refractivity contribution in [2.24, 2.45) is 5.92 Å². The van der Waals surface area contributed by atoms with Crippen LogP contribution in [0.25, 0.3) is 0 Å². The standard InChI is InChI=1S/C13H16F3NO/c1-7(2)8(3)17(4)13(18)9-5-10(14)12(16)11(15)6-9/h5-8H,1-4H3. The van der Waals surface area contributed by atoms with E-state index in [4.69, 9.17) is 0 Å². The second-order valence-electron chi connectivity index (χ2n) is 4.65. The molecular formula is C13H16F3NO. The fourth-order valence-corrected chi connectivity index (χ4v) is 1.51. The first kappa shape index (κ1) is 14.5. The fourth-order valence-electron chi connectivity index (χ4n) is 1.51. The number of rotatable bonds is 3. The van der Waals surface area contributed by atoms with E-state index < -0.39 is 23.4 Å². The van der Waals surface area contributed by atoms with Crippen molar-refractivity contribution in [1.82, 2.24) is 4.90 Å². The lowest BCUT2D eigenvalue weighted by atomic mass is 10.0. The summed E-state index contributed by atoms with van der Waals surface area (Å²) in [6.07, 6.45) is 0. The Kier molecular flexibility index (Phi) is 4.38. The summed E-state index contributed by atoms with van der Waals surface area (Å²) in [7, 11) is 1.55. The molecule has 1 rings (SSSR count). The van der Waals surface area contributed by atoms with Crippen LogP contribution >= 0.6 is 0 Å². The van der Waals surface area contributed by atoms with Crippen molar-refractivity contribution < 1.29 is 18.0 Å². The zero-order valence-corrected chi connectivity index (χ0v) is 10.8. The van der Waals surface area contributed by atoms with Crippen LogP contribution in [0.2, 0.25) is 0 Å². The second-order valence-corrected chi connectivity index (χ2v) is 4.65. The average Bonchev–Trinajstić information content (AvgIpc) is 2.32. The Hall–Kier alpha value is -1.52. The van der Waals surface area contributed by atoms with Gasteiger partial charge < -0.3 is 4.90 Å². The van der Waals surface area contributed by atoms with Gasteiger partial charge in [0, 0.05) is 18.7 Å². The molecule has 1 aromatic rings. The molecule has 2 nitrogen and oxygen atoms in total. The molecule has 1 amide bonds. The molecule has 100 valence electrons. The van der Waals surface area contributed by atoms with E-state index in [1.165, 1.54) is 4.90 Å². The van der Waals surface area contributed by atoms with Gasteiger partial charge in [-0.1, -0.05) is 13.8 Å². The quantitative estimate of drug-likeness (QED) is 0.763. The molecule has 0 aliphatic rings. The highest BCUT2D eigenvalue weighted by atomic mass is 19.2. The molecule has 0 aliphatic heterocycles. The molecule has 1 atom stereocenters. The number of hydrogen-bond donors (Lipinski definition) is 0. The topological polar surface area (TPSA) is 20.3 Å². The van der Waals surface area contributed by atoms with E-state index in [-0.39, 0.29) is 17.5 Å². The van der Waals surface area contributed by atoms with Crippen LogP contribution in [0.1, 0.15) is 31.1 Å². The predicted molar refractivity (Wildman–Crippen MR) is 62.7 cm³/mol. The number of benzene rings is 1. The molecule has 0 bridgehead atoms. The van der Waals surface area contributed by atoms with Crippen LogP contribution in [-0.4, -0.2) is 23.9 Å². The first-order valence-electron chi connectivity index (χ1n) is 5.67. The SMILES string of the molecule is CC(C)C(C)N(C)C(=O)c1cc(F)c(F)c(F)c1. The van der Waals surface area contributed by atoms with Crippen LogP contribution in [0.3, 0.4) is 0 Å². The minimum atomic E-state index is -1.56. The second kappa shape index (κ2) is 5.42. The minimum Gasteiger partial charge on any atom is -0.339 e. The Morgan fingerprint density at radius 1 is 1.11 bits per heavy atom. The van der Waals surface area contributed by atoms with Crippen molar-refractivity contribution in [3.63, 3.8) is 0 Å². The Bertz CT molecular complexity index is 437. The first-order valence-corrected chi connectivity index (χ1v) is 5.67. The Morgan fingerprint density at radius 2 is 1.56 bits per heavy atom. The molecule has 0 N–H and O–H groups in total. The van der Waals surface area contributed by atoms with Gasteiger partial charge in [0.05, 0.1) is 0 Å². The van der Waals surface area contributed by atoms with E-state index >= 15 is 0 Å². The van der Waals surface area contributed by atoms with Gasteiger partial charge >= 0.3 is 0 Å². The van der Waals surface area contributed by atoms with Crippen molar-refractivity contribution in [1.29, 1.82) is 0 Å². The minimum absolute atomic E-state index is 0.0892. The molecule has 0 radical (unpaired) electrons. The Morgan fingerprint density at radius 3 is 1.94 bits per heavy atom. The zero-order chi connectivity index (χ0) is 14.0. The van der Waals surface area contributed by atoms with Crippen molar-refractivity contribution in [2.75, 3.05) is 7.05 Å². The first-order chi connectivity index (χ1) is 8.25. The van der Waals surface area contributed by atoms with Gasteiger partial charge in [-0.3, -0.25) is 4.79 Å². The molecule has 0 aliphatic carbocycles. The highest BCUT2D eigenvalue weighted by Crippen LogP contribution is 2.17. The predicted octanol–water partition coefficient (Wildman–Crippen LogP) is 3.22. The molecule has 5 heteroatoms. The Labute approximate surface area is 104 Å². The van der Waals surface area contributed by atoms with Gasteiger partial charge in [0.15, 0.2) is 17.5 Å². The summed E-state index contributed by atoms with van der Waals surface area (Å²) in [4.78, 5) is 13.4. The summed E-state index contributed by atoms with van der Waals surface area (Å²) < 4.78 is 38.9. The molecule has 1 aromatic carbocycles. The van der Waals surface area contributed by atoms with E-state index in [9.17, 15) is 18.0 Å². The zero-order valence-electron chi connectivity index (χ0n) is 10.8. The van der Waals surface area contributed by atoms with Gasteiger partial charge in [-0.25, -0.2) is 13.2 Å². The van der Waals surface area contributed by atoms with Gasteiger partial charge in [0.1, 0.15) is 0 Å². The molecule has 0 aromatic heterocycles. The normalized spacial score (nSPS) is 12.7. The Balaban J connectivity index is 3.05. The molecule has 0 saturated heterocycles. The summed E-state index contributed by atoms with van der Waals surface area (Å²) >= 11 is 0. The fraction of sp³-hybridized carbons (Fsp3) is 0.462. The monoisotopic (exact) mass is 259 g/mol. The average molecular weight is 259 g/mol. The number of amides is 1. The van der Waals surface area contributed by atoms with E-state index in [1.807, 2.05) is 20.8 Å². The van der Waals surface area contributed by atoms with E-state index in [1.54, 1.807) is 7.05 Å². The summed E-state index contributed by atoms with van der Waals surface area (Å²) in [6, 6.07) is 1.34. The maximum absolute atomic E-state index is 13.0. The van der Waals surface area contributed by atoms with E-state index in [0.29, 0.717) is 12.1 Å². The largest absolute Gasteiger partial charge is 0.339 e. The van der Waals surface area contributed by atoms with Gasteiger partial charge in [-0.2, -0.15) is 0 Å². The number of hydrogen-bond acceptors (Lipinski definition) is 1. The van der Waals surface area contributed by atoms with Crippen LogP contribution in [-0.2, 0) is 0 Å². The van der Waals surface area contributed by atoms with Gasteiger partial charge in [0.2, 0.25) is 0 Å². The van der Waals surface area contributed by atoms with Gasteiger partial charge in [0.25, 0.3) is 5.91 Å². The van der Waals surface area contributed by atoms with Crippen LogP contribution in [0.5, 0.6) is 0 Å². The summed E-state index contributed by atoms with van der Waals surface area (Å²) in [5, 5.41) is 0. The molecule has 0 spiro atoms. The highest BCUT2D eigenvalue weighted by Gasteiger charge is 2.22. The lowest BCUT2D eigenvalue weighted by molar-refractivity contribution is 0.0706. The molecule has 0 saturated carbocycles. The maximum atomic E-state index is 13.0. The van der Waals surface area contributed by atoms with Crippen molar-refractivity contribution >= 4 is 5.91 Å². The highest BCUT2D eigenvalue weighted by molar-refractivity contribution is 5.94. The summed E-state index contributed by atoms with van der Waals surface area (Å²) in [5.41, 5.74) is -0.193. The van der Waals surface area contributed by atoms with E-state index in [2.05, 4.69) is 0 Å². The van der Waals surface area contributed by atoms with Crippen LogP contribution in [0, 0.1) is 23.4 Å². The number of carbonyl (C=O) groups is 1. The summed E-state index contributed by atoms with van der Waals surface area (Å²) in [6.45, 7) is 5.69. The van der Waals surface area contributed by atoms with Crippen LogP contribution in [0.15, 0.2) is 12.1 Å². The van der Waals surface area contributed by atoms with Crippen molar-refractivity contribution in [3.05, 3.63) is 35.1 Å². The summed E-state index contributed by atoms with van der Waals surface area (Å²) in [5.74, 6) is -4.61. The molecule has 1 unspecified atom stereocenters. The van der Waals surface area contributed by atoms with Gasteiger partial charge in [-0.05, 0) is 25.0 Å². The van der Waals surface area contributed by atoms with Crippen molar-refractivity contribution in [2.45, 2.75) is 26.8 Å². The lowest BCUT2D eigenvalue weighted by Gasteiger charge is -2.28. The van der Waals surface area contributed by atoms with Crippen molar-refractivity contribution in [3.8, 4) is 0 Å². The third-order valence-electron chi connectivity index (χ3n) is 3.13. The van der Waals surface area contributed by atoms with E-state index in [0.717, 1.165) is 0 Å². The lowest BCUT2D eigenvalue weighted by Crippen LogP contribution is -2.38. The molecule has 0 fully saturated rings. The molecular weight excluding hydrogens is 243 g/mol. The smallest absolute Gasteiger partial charge is 0.254 e. The number of carbonyl (C=O) groups excluding carboxylic acids is 1. The number of halogens is 3. The van der Waals surface area contributed by atoms with Gasteiger partial charge in [-0.15, -0.1) is 0 Å². The molecule has 18 heavy (non-hydrogen) atoms. The molecule has 0 heterocycles. The third kappa shape index (κ3) is 2.83. The van der Waals surface area contributed by atoms with Crippen LogP contribution in [0.4, 0.5) is 13.2 Å².